The topological polar surface area (TPSA) is 36.4 Å². The number of pyridine rings is 1. The highest BCUT2D eigenvalue weighted by atomic mass is 19.3. The zero-order valence-corrected chi connectivity index (χ0v) is 14.1. The Morgan fingerprint density at radius 2 is 2.04 bits per heavy atom. The normalized spacial score (nSPS) is 28.6. The van der Waals surface area contributed by atoms with Crippen LogP contribution in [0.5, 0.6) is 0 Å². The SMILES string of the molecule is O=C(CC1CC1)N1CCC(F)(F)C2(CCN(c3ncccc3F)C2)C1. The highest BCUT2D eigenvalue weighted by Crippen LogP contribution is 2.50. The van der Waals surface area contributed by atoms with E-state index < -0.39 is 17.2 Å². The highest BCUT2D eigenvalue weighted by Gasteiger charge is 2.60. The molecular formula is C18H22F3N3O. The van der Waals surface area contributed by atoms with Crippen LogP contribution in [-0.4, -0.2) is 47.9 Å². The number of hydrogen-bond donors (Lipinski definition) is 0. The summed E-state index contributed by atoms with van der Waals surface area (Å²) in [6, 6.07) is 2.77. The lowest BCUT2D eigenvalue weighted by molar-refractivity contribution is -0.169. The predicted molar refractivity (Wildman–Crippen MR) is 86.9 cm³/mol. The van der Waals surface area contributed by atoms with Crippen LogP contribution in [0.25, 0.3) is 0 Å². The average molecular weight is 353 g/mol. The predicted octanol–water partition coefficient (Wildman–Crippen LogP) is 3.08. The van der Waals surface area contributed by atoms with Gasteiger partial charge in [0.25, 0.3) is 5.92 Å². The van der Waals surface area contributed by atoms with E-state index in [1.54, 1.807) is 9.80 Å². The molecular weight excluding hydrogens is 331 g/mol. The molecule has 0 aromatic carbocycles. The molecule has 2 aliphatic heterocycles. The summed E-state index contributed by atoms with van der Waals surface area (Å²) in [5.74, 6) is -2.81. The van der Waals surface area contributed by atoms with E-state index in [0.717, 1.165) is 12.8 Å². The number of nitrogens with zero attached hydrogens (tertiary/aromatic N) is 3. The van der Waals surface area contributed by atoms with Crippen LogP contribution in [0.4, 0.5) is 19.0 Å². The highest BCUT2D eigenvalue weighted by molar-refractivity contribution is 5.77. The summed E-state index contributed by atoms with van der Waals surface area (Å²) in [5.41, 5.74) is -1.31. The molecule has 3 fully saturated rings. The van der Waals surface area contributed by atoms with Gasteiger partial charge in [-0.3, -0.25) is 4.79 Å². The molecule has 4 rings (SSSR count). The Kier molecular flexibility index (Phi) is 3.92. The molecule has 136 valence electrons. The van der Waals surface area contributed by atoms with Gasteiger partial charge in [0.1, 0.15) is 0 Å². The fraction of sp³-hybridized carbons (Fsp3) is 0.667. The fourth-order valence-electron chi connectivity index (χ4n) is 4.10. The number of aromatic nitrogens is 1. The Hall–Kier alpha value is -1.79. The molecule has 1 aliphatic carbocycles. The summed E-state index contributed by atoms with van der Waals surface area (Å²) in [6.45, 7) is 0.518. The summed E-state index contributed by atoms with van der Waals surface area (Å²) in [5, 5.41) is 0. The van der Waals surface area contributed by atoms with Gasteiger partial charge in [-0.05, 0) is 37.3 Å². The molecule has 3 aliphatic rings. The number of likely N-dealkylation sites (tertiary alicyclic amines) is 1. The molecule has 4 nitrogen and oxygen atoms in total. The number of anilines is 1. The molecule has 1 aromatic rings. The number of halogens is 3. The van der Waals surface area contributed by atoms with E-state index in [2.05, 4.69) is 4.98 Å². The van der Waals surface area contributed by atoms with Crippen molar-refractivity contribution in [3.05, 3.63) is 24.1 Å². The van der Waals surface area contributed by atoms with Crippen molar-refractivity contribution in [3.63, 3.8) is 0 Å². The van der Waals surface area contributed by atoms with Gasteiger partial charge in [-0.1, -0.05) is 0 Å². The van der Waals surface area contributed by atoms with Crippen molar-refractivity contribution in [1.29, 1.82) is 0 Å². The van der Waals surface area contributed by atoms with Gasteiger partial charge in [0.15, 0.2) is 11.6 Å². The second-order valence-corrected chi connectivity index (χ2v) is 7.68. The molecule has 1 atom stereocenters. The smallest absolute Gasteiger partial charge is 0.258 e. The second kappa shape index (κ2) is 5.88. The van der Waals surface area contributed by atoms with E-state index in [0.29, 0.717) is 18.9 Å². The summed E-state index contributed by atoms with van der Waals surface area (Å²) in [6.07, 6.45) is 3.99. The number of amides is 1. The Bertz CT molecular complexity index is 679. The van der Waals surface area contributed by atoms with Gasteiger partial charge >= 0.3 is 0 Å². The monoisotopic (exact) mass is 353 g/mol. The minimum Gasteiger partial charge on any atom is -0.353 e. The Labute approximate surface area is 145 Å². The number of alkyl halides is 2. The zero-order valence-electron chi connectivity index (χ0n) is 14.1. The number of piperidine rings is 1. The first-order chi connectivity index (χ1) is 11.9. The molecule has 1 amide bonds. The maximum atomic E-state index is 14.8. The lowest BCUT2D eigenvalue weighted by atomic mass is 9.75. The zero-order chi connectivity index (χ0) is 17.7. The number of carbonyl (C=O) groups excluding carboxylic acids is 1. The van der Waals surface area contributed by atoms with E-state index in [9.17, 15) is 18.0 Å². The number of hydrogen-bond acceptors (Lipinski definition) is 3. The van der Waals surface area contributed by atoms with Gasteiger partial charge in [0.05, 0.1) is 5.41 Å². The van der Waals surface area contributed by atoms with E-state index >= 15 is 0 Å². The van der Waals surface area contributed by atoms with E-state index in [4.69, 9.17) is 0 Å². The maximum Gasteiger partial charge on any atom is 0.258 e. The molecule has 0 radical (unpaired) electrons. The maximum absolute atomic E-state index is 14.8. The van der Waals surface area contributed by atoms with Crippen molar-refractivity contribution in [2.45, 2.75) is 38.0 Å². The van der Waals surface area contributed by atoms with Crippen molar-refractivity contribution in [2.75, 3.05) is 31.1 Å². The van der Waals surface area contributed by atoms with Gasteiger partial charge in [0.2, 0.25) is 5.91 Å². The van der Waals surface area contributed by atoms with Gasteiger partial charge in [-0.2, -0.15) is 0 Å². The molecule has 2 saturated heterocycles. The van der Waals surface area contributed by atoms with Gasteiger partial charge in [-0.15, -0.1) is 0 Å². The van der Waals surface area contributed by atoms with Crippen molar-refractivity contribution < 1.29 is 18.0 Å². The van der Waals surface area contributed by atoms with Gasteiger partial charge in [-0.25, -0.2) is 18.2 Å². The first kappa shape index (κ1) is 16.7. The van der Waals surface area contributed by atoms with Crippen LogP contribution in [0.15, 0.2) is 18.3 Å². The lowest BCUT2D eigenvalue weighted by Crippen LogP contribution is -2.58. The number of rotatable bonds is 3. The third-order valence-corrected chi connectivity index (χ3v) is 5.87. The van der Waals surface area contributed by atoms with Crippen LogP contribution in [0.1, 0.15) is 32.1 Å². The molecule has 1 saturated carbocycles. The van der Waals surface area contributed by atoms with Crippen molar-refractivity contribution in [1.82, 2.24) is 9.88 Å². The third kappa shape index (κ3) is 2.98. The van der Waals surface area contributed by atoms with E-state index in [1.807, 2.05) is 0 Å². The summed E-state index contributed by atoms with van der Waals surface area (Å²) < 4.78 is 43.6. The van der Waals surface area contributed by atoms with E-state index in [-0.39, 0.29) is 44.2 Å². The van der Waals surface area contributed by atoms with Crippen molar-refractivity contribution in [3.8, 4) is 0 Å². The van der Waals surface area contributed by atoms with Crippen LogP contribution < -0.4 is 4.90 Å². The van der Waals surface area contributed by atoms with Crippen LogP contribution in [0.3, 0.4) is 0 Å². The Balaban J connectivity index is 1.53. The Morgan fingerprint density at radius 3 is 2.76 bits per heavy atom. The summed E-state index contributed by atoms with van der Waals surface area (Å²) in [4.78, 5) is 19.6. The first-order valence-corrected chi connectivity index (χ1v) is 8.91. The molecule has 1 spiro atoms. The Morgan fingerprint density at radius 1 is 1.24 bits per heavy atom. The van der Waals surface area contributed by atoms with Crippen molar-refractivity contribution in [2.24, 2.45) is 11.3 Å². The van der Waals surface area contributed by atoms with Crippen molar-refractivity contribution >= 4 is 11.7 Å². The minimum absolute atomic E-state index is 0.0140. The van der Waals surface area contributed by atoms with Crippen LogP contribution in [0, 0.1) is 17.2 Å². The quantitative estimate of drug-likeness (QED) is 0.838. The van der Waals surface area contributed by atoms with Gasteiger partial charge in [0, 0.05) is 45.2 Å². The van der Waals surface area contributed by atoms with Crippen LogP contribution >= 0.6 is 0 Å². The molecule has 0 N–H and O–H groups in total. The molecule has 1 aromatic heterocycles. The molecule has 0 bridgehead atoms. The minimum atomic E-state index is -2.86. The second-order valence-electron chi connectivity index (χ2n) is 7.68. The molecule has 25 heavy (non-hydrogen) atoms. The largest absolute Gasteiger partial charge is 0.353 e. The average Bonchev–Trinajstić information content (AvgIpc) is 3.28. The standard InChI is InChI=1S/C18H22F3N3O/c19-14-2-1-7-22-16(14)24-8-5-17(12-24)11-23(9-6-18(17,20)21)15(25)10-13-3-4-13/h1-2,7,13H,3-6,8-12H2. The summed E-state index contributed by atoms with van der Waals surface area (Å²) in [7, 11) is 0. The first-order valence-electron chi connectivity index (χ1n) is 8.91. The van der Waals surface area contributed by atoms with E-state index in [1.165, 1.54) is 18.3 Å². The number of carbonyl (C=O) groups is 1. The molecule has 7 heteroatoms. The van der Waals surface area contributed by atoms with Gasteiger partial charge < -0.3 is 9.80 Å². The van der Waals surface area contributed by atoms with Crippen LogP contribution in [-0.2, 0) is 4.79 Å². The fourth-order valence-corrected chi connectivity index (χ4v) is 4.10. The summed E-state index contributed by atoms with van der Waals surface area (Å²) >= 11 is 0. The molecule has 1 unspecified atom stereocenters. The lowest BCUT2D eigenvalue weighted by Gasteiger charge is -2.46. The molecule has 3 heterocycles. The van der Waals surface area contributed by atoms with Crippen LogP contribution in [0.2, 0.25) is 0 Å². The third-order valence-electron chi connectivity index (χ3n) is 5.87.